The van der Waals surface area contributed by atoms with Crippen molar-refractivity contribution in [2.75, 3.05) is 32.8 Å². The van der Waals surface area contributed by atoms with Crippen molar-refractivity contribution < 1.29 is 13.5 Å². The molecule has 2 N–H and O–H groups in total. The average Bonchev–Trinajstić information content (AvgIpc) is 2.40. The highest BCUT2D eigenvalue weighted by Gasteiger charge is 2.35. The minimum absolute atomic E-state index is 0.0955. The van der Waals surface area contributed by atoms with E-state index in [1.807, 2.05) is 0 Å². The van der Waals surface area contributed by atoms with Crippen LogP contribution in [0.4, 0.5) is 0 Å². The molecule has 0 amide bonds. The fraction of sp³-hybridized carbons (Fsp3) is 1.00. The SMILES string of the molecule is O=S(=O)(C1CCNCC1)N1CCCC(CO)C1. The molecule has 0 radical (unpaired) electrons. The molecule has 2 heterocycles. The number of aliphatic hydroxyl groups is 1. The first-order chi connectivity index (χ1) is 8.14. The highest BCUT2D eigenvalue weighted by Crippen LogP contribution is 2.24. The quantitative estimate of drug-likeness (QED) is 0.737. The Hall–Kier alpha value is -0.170. The summed E-state index contributed by atoms with van der Waals surface area (Å²) in [7, 11) is -3.15. The molecule has 1 unspecified atom stereocenters. The van der Waals surface area contributed by atoms with Crippen LogP contribution in [-0.2, 0) is 10.0 Å². The molecule has 17 heavy (non-hydrogen) atoms. The van der Waals surface area contributed by atoms with Crippen molar-refractivity contribution in [1.29, 1.82) is 0 Å². The summed E-state index contributed by atoms with van der Waals surface area (Å²) in [5, 5.41) is 12.1. The normalized spacial score (nSPS) is 29.4. The van der Waals surface area contributed by atoms with Crippen LogP contribution in [0.5, 0.6) is 0 Å². The largest absolute Gasteiger partial charge is 0.396 e. The average molecular weight is 262 g/mol. The highest BCUT2D eigenvalue weighted by molar-refractivity contribution is 7.89. The Labute approximate surface area is 103 Å². The predicted octanol–water partition coefficient (Wildman–Crippen LogP) is -0.227. The van der Waals surface area contributed by atoms with Gasteiger partial charge in [0.1, 0.15) is 0 Å². The number of rotatable bonds is 3. The monoisotopic (exact) mass is 262 g/mol. The Kier molecular flexibility index (Phi) is 4.41. The molecule has 100 valence electrons. The lowest BCUT2D eigenvalue weighted by Crippen LogP contribution is -2.48. The molecule has 0 saturated carbocycles. The third kappa shape index (κ3) is 2.99. The highest BCUT2D eigenvalue weighted by atomic mass is 32.2. The maximum Gasteiger partial charge on any atom is 0.217 e. The van der Waals surface area contributed by atoms with Gasteiger partial charge in [0.05, 0.1) is 5.25 Å². The van der Waals surface area contributed by atoms with E-state index in [-0.39, 0.29) is 17.8 Å². The van der Waals surface area contributed by atoms with Gasteiger partial charge >= 0.3 is 0 Å². The predicted molar refractivity (Wildman–Crippen MR) is 66.2 cm³/mol. The van der Waals surface area contributed by atoms with E-state index in [1.54, 1.807) is 4.31 Å². The molecule has 0 aromatic rings. The fourth-order valence-corrected chi connectivity index (χ4v) is 4.77. The van der Waals surface area contributed by atoms with Gasteiger partial charge < -0.3 is 10.4 Å². The van der Waals surface area contributed by atoms with Crippen LogP contribution in [-0.4, -0.2) is 55.9 Å². The number of nitrogens with zero attached hydrogens (tertiary/aromatic N) is 1. The Bertz CT molecular complexity index is 339. The Morgan fingerprint density at radius 3 is 2.59 bits per heavy atom. The van der Waals surface area contributed by atoms with Gasteiger partial charge in [-0.15, -0.1) is 0 Å². The van der Waals surface area contributed by atoms with E-state index in [0.29, 0.717) is 25.9 Å². The Morgan fingerprint density at radius 2 is 1.94 bits per heavy atom. The van der Waals surface area contributed by atoms with Crippen LogP contribution >= 0.6 is 0 Å². The van der Waals surface area contributed by atoms with Gasteiger partial charge in [0.15, 0.2) is 0 Å². The summed E-state index contributed by atoms with van der Waals surface area (Å²) in [4.78, 5) is 0. The van der Waals surface area contributed by atoms with Crippen LogP contribution in [0, 0.1) is 5.92 Å². The van der Waals surface area contributed by atoms with Crippen LogP contribution in [0.2, 0.25) is 0 Å². The first-order valence-corrected chi connectivity index (χ1v) is 7.95. The smallest absolute Gasteiger partial charge is 0.217 e. The minimum atomic E-state index is -3.15. The summed E-state index contributed by atoms with van der Waals surface area (Å²) >= 11 is 0. The molecule has 2 fully saturated rings. The van der Waals surface area contributed by atoms with Gasteiger partial charge in [0, 0.05) is 19.7 Å². The van der Waals surface area contributed by atoms with E-state index in [9.17, 15) is 8.42 Å². The van der Waals surface area contributed by atoms with E-state index in [1.165, 1.54) is 0 Å². The van der Waals surface area contributed by atoms with Gasteiger partial charge in [-0.25, -0.2) is 12.7 Å². The summed E-state index contributed by atoms with van der Waals surface area (Å²) in [6.07, 6.45) is 3.23. The Balaban J connectivity index is 2.03. The van der Waals surface area contributed by atoms with Crippen molar-refractivity contribution in [1.82, 2.24) is 9.62 Å². The zero-order chi connectivity index (χ0) is 12.3. The zero-order valence-corrected chi connectivity index (χ0v) is 11.0. The van der Waals surface area contributed by atoms with E-state index in [2.05, 4.69) is 5.32 Å². The molecule has 0 bridgehead atoms. The molecular formula is C11H22N2O3S. The Morgan fingerprint density at radius 1 is 1.24 bits per heavy atom. The van der Waals surface area contributed by atoms with Crippen LogP contribution in [0.25, 0.3) is 0 Å². The molecule has 0 aliphatic carbocycles. The van der Waals surface area contributed by atoms with Crippen molar-refractivity contribution in [3.63, 3.8) is 0 Å². The maximum absolute atomic E-state index is 12.4. The number of hydrogen-bond donors (Lipinski definition) is 2. The third-order valence-electron chi connectivity index (χ3n) is 3.81. The molecule has 2 saturated heterocycles. The maximum atomic E-state index is 12.4. The molecule has 0 aromatic heterocycles. The van der Waals surface area contributed by atoms with E-state index in [0.717, 1.165) is 25.9 Å². The minimum Gasteiger partial charge on any atom is -0.396 e. The number of aliphatic hydroxyl groups excluding tert-OH is 1. The summed E-state index contributed by atoms with van der Waals surface area (Å²) < 4.78 is 26.4. The van der Waals surface area contributed by atoms with E-state index in [4.69, 9.17) is 5.11 Å². The molecule has 0 spiro atoms. The fourth-order valence-electron chi connectivity index (χ4n) is 2.71. The van der Waals surface area contributed by atoms with Gasteiger partial charge in [-0.1, -0.05) is 0 Å². The summed E-state index contributed by atoms with van der Waals surface area (Å²) in [5.74, 6) is 0.125. The second-order valence-electron chi connectivity index (χ2n) is 5.04. The summed E-state index contributed by atoms with van der Waals surface area (Å²) in [6, 6.07) is 0. The van der Waals surface area contributed by atoms with E-state index < -0.39 is 10.0 Å². The molecule has 1 atom stereocenters. The first-order valence-electron chi connectivity index (χ1n) is 6.45. The lowest BCUT2D eigenvalue weighted by Gasteiger charge is -2.35. The van der Waals surface area contributed by atoms with Crippen LogP contribution in [0.1, 0.15) is 25.7 Å². The lowest BCUT2D eigenvalue weighted by atomic mass is 10.0. The molecular weight excluding hydrogens is 240 g/mol. The number of nitrogens with one attached hydrogen (secondary N) is 1. The topological polar surface area (TPSA) is 69.6 Å². The van der Waals surface area contributed by atoms with Crippen molar-refractivity contribution in [3.05, 3.63) is 0 Å². The van der Waals surface area contributed by atoms with Gasteiger partial charge in [0.25, 0.3) is 0 Å². The van der Waals surface area contributed by atoms with Crippen molar-refractivity contribution in [2.24, 2.45) is 5.92 Å². The van der Waals surface area contributed by atoms with Gasteiger partial charge in [0.2, 0.25) is 10.0 Å². The molecule has 0 aromatic carbocycles. The van der Waals surface area contributed by atoms with Crippen LogP contribution < -0.4 is 5.32 Å². The van der Waals surface area contributed by atoms with Gasteiger partial charge in [-0.05, 0) is 44.7 Å². The lowest BCUT2D eigenvalue weighted by molar-refractivity contribution is 0.164. The number of hydrogen-bond acceptors (Lipinski definition) is 4. The van der Waals surface area contributed by atoms with Crippen molar-refractivity contribution >= 4 is 10.0 Å². The van der Waals surface area contributed by atoms with E-state index >= 15 is 0 Å². The third-order valence-corrected chi connectivity index (χ3v) is 6.17. The molecule has 6 heteroatoms. The number of piperidine rings is 2. The van der Waals surface area contributed by atoms with Gasteiger partial charge in [-0.3, -0.25) is 0 Å². The van der Waals surface area contributed by atoms with Gasteiger partial charge in [-0.2, -0.15) is 0 Å². The standard InChI is InChI=1S/C11H22N2O3S/c14-9-10-2-1-7-13(8-10)17(15,16)11-3-5-12-6-4-11/h10-12,14H,1-9H2. The van der Waals surface area contributed by atoms with Crippen LogP contribution in [0.3, 0.4) is 0 Å². The zero-order valence-electron chi connectivity index (χ0n) is 10.1. The molecule has 2 rings (SSSR count). The molecule has 5 nitrogen and oxygen atoms in total. The molecule has 2 aliphatic heterocycles. The second-order valence-corrected chi connectivity index (χ2v) is 7.26. The van der Waals surface area contributed by atoms with Crippen LogP contribution in [0.15, 0.2) is 0 Å². The summed E-state index contributed by atoms with van der Waals surface area (Å²) in [6.45, 7) is 2.81. The summed E-state index contributed by atoms with van der Waals surface area (Å²) in [5.41, 5.74) is 0. The second kappa shape index (κ2) is 5.65. The van der Waals surface area contributed by atoms with Crippen molar-refractivity contribution in [2.45, 2.75) is 30.9 Å². The van der Waals surface area contributed by atoms with Crippen molar-refractivity contribution in [3.8, 4) is 0 Å². The molecule has 2 aliphatic rings. The number of sulfonamides is 1. The first kappa shape index (κ1) is 13.3.